The summed E-state index contributed by atoms with van der Waals surface area (Å²) in [5.74, 6) is 0.960. The van der Waals surface area contributed by atoms with Crippen molar-refractivity contribution in [3.63, 3.8) is 0 Å². The number of piperidine rings is 1. The van der Waals surface area contributed by atoms with Gasteiger partial charge in [-0.3, -0.25) is 4.79 Å². The molecule has 0 bridgehead atoms. The second-order valence-electron chi connectivity index (χ2n) is 9.13. The van der Waals surface area contributed by atoms with Gasteiger partial charge in [0.1, 0.15) is 5.75 Å². The molecule has 1 amide bonds. The van der Waals surface area contributed by atoms with E-state index in [9.17, 15) is 4.79 Å². The van der Waals surface area contributed by atoms with E-state index < -0.39 is 0 Å². The van der Waals surface area contributed by atoms with Crippen LogP contribution in [0.3, 0.4) is 0 Å². The minimum atomic E-state index is 0.113. The first-order valence-electron chi connectivity index (χ1n) is 12.2. The summed E-state index contributed by atoms with van der Waals surface area (Å²) in [6, 6.07) is 14.1. The van der Waals surface area contributed by atoms with Gasteiger partial charge in [0, 0.05) is 44.0 Å². The van der Waals surface area contributed by atoms with Crippen LogP contribution in [0.1, 0.15) is 47.2 Å². The van der Waals surface area contributed by atoms with E-state index in [0.717, 1.165) is 57.1 Å². The molecule has 0 atom stereocenters. The number of hydrogen-bond donors (Lipinski definition) is 0. The molecule has 0 saturated carbocycles. The maximum atomic E-state index is 13.0. The molecule has 172 valence electrons. The number of likely N-dealkylation sites (tertiary alicyclic amines) is 1. The zero-order chi connectivity index (χ0) is 22.3. The van der Waals surface area contributed by atoms with Gasteiger partial charge in [0.15, 0.2) is 0 Å². The second-order valence-corrected chi connectivity index (χ2v) is 9.13. The van der Waals surface area contributed by atoms with Crippen LogP contribution in [0.4, 0.5) is 5.69 Å². The third-order valence-corrected chi connectivity index (χ3v) is 6.92. The molecule has 2 aliphatic heterocycles. The summed E-state index contributed by atoms with van der Waals surface area (Å²) in [7, 11) is 0. The highest BCUT2D eigenvalue weighted by molar-refractivity contribution is 5.94. The van der Waals surface area contributed by atoms with Crippen molar-refractivity contribution in [1.29, 1.82) is 0 Å². The smallest absolute Gasteiger partial charge is 0.253 e. The van der Waals surface area contributed by atoms with Crippen LogP contribution in [0, 0.1) is 13.8 Å². The van der Waals surface area contributed by atoms with Gasteiger partial charge in [-0.15, -0.1) is 0 Å². The Balaban J connectivity index is 1.23. The summed E-state index contributed by atoms with van der Waals surface area (Å²) in [5, 5.41) is 0. The quantitative estimate of drug-likeness (QED) is 0.599. The second kappa shape index (κ2) is 10.9. The zero-order valence-electron chi connectivity index (χ0n) is 19.7. The van der Waals surface area contributed by atoms with E-state index in [-0.39, 0.29) is 5.91 Å². The number of carbonyl (C=O) groups is 1. The van der Waals surface area contributed by atoms with Crippen molar-refractivity contribution >= 4 is 11.6 Å². The van der Waals surface area contributed by atoms with E-state index in [1.807, 2.05) is 29.2 Å². The standard InChI is InChI=1S/C27H37N3O2/c1-22-8-6-9-26(23(22)2)29-17-19-30(20-18-29)27(31)24-10-12-25(13-11-24)32-21-7-16-28-14-4-3-5-15-28/h6,8-13H,3-5,7,14-21H2,1-2H3. The molecule has 0 aromatic heterocycles. The molecule has 0 radical (unpaired) electrons. The highest BCUT2D eigenvalue weighted by atomic mass is 16.5. The Bertz CT molecular complexity index is 882. The third kappa shape index (κ3) is 5.63. The van der Waals surface area contributed by atoms with Gasteiger partial charge in [-0.25, -0.2) is 0 Å². The van der Waals surface area contributed by atoms with Crippen molar-refractivity contribution < 1.29 is 9.53 Å². The summed E-state index contributed by atoms with van der Waals surface area (Å²) in [4.78, 5) is 19.9. The van der Waals surface area contributed by atoms with E-state index in [1.165, 1.54) is 49.2 Å². The average Bonchev–Trinajstić information content (AvgIpc) is 2.84. The van der Waals surface area contributed by atoms with Crippen LogP contribution in [0.15, 0.2) is 42.5 Å². The molecule has 2 aromatic carbocycles. The Morgan fingerprint density at radius 2 is 1.59 bits per heavy atom. The molecule has 32 heavy (non-hydrogen) atoms. The lowest BCUT2D eigenvalue weighted by Crippen LogP contribution is -2.49. The van der Waals surface area contributed by atoms with Crippen molar-refractivity contribution in [2.24, 2.45) is 0 Å². The fourth-order valence-corrected chi connectivity index (χ4v) is 4.77. The minimum absolute atomic E-state index is 0.113. The number of aryl methyl sites for hydroxylation is 1. The van der Waals surface area contributed by atoms with Gasteiger partial charge in [-0.1, -0.05) is 18.6 Å². The first-order chi connectivity index (χ1) is 15.6. The van der Waals surface area contributed by atoms with E-state index in [4.69, 9.17) is 4.74 Å². The molecule has 0 N–H and O–H groups in total. The molecule has 4 rings (SSSR count). The summed E-state index contributed by atoms with van der Waals surface area (Å²) in [6.45, 7) is 11.9. The van der Waals surface area contributed by atoms with Gasteiger partial charge in [0.2, 0.25) is 0 Å². The normalized spacial score (nSPS) is 17.4. The summed E-state index contributed by atoms with van der Waals surface area (Å²) in [6.07, 6.45) is 5.08. The van der Waals surface area contributed by atoms with Crippen molar-refractivity contribution in [3.05, 3.63) is 59.2 Å². The summed E-state index contributed by atoms with van der Waals surface area (Å²) >= 11 is 0. The number of rotatable bonds is 7. The first-order valence-corrected chi connectivity index (χ1v) is 12.2. The number of amides is 1. The molecule has 2 saturated heterocycles. The van der Waals surface area contributed by atoms with Gasteiger partial charge >= 0.3 is 0 Å². The van der Waals surface area contributed by atoms with Crippen molar-refractivity contribution in [2.75, 3.05) is 57.3 Å². The average molecular weight is 436 g/mol. The predicted molar refractivity (Wildman–Crippen MR) is 131 cm³/mol. The van der Waals surface area contributed by atoms with E-state index in [1.54, 1.807) is 0 Å². The highest BCUT2D eigenvalue weighted by Gasteiger charge is 2.23. The molecular weight excluding hydrogens is 398 g/mol. The van der Waals surface area contributed by atoms with Crippen LogP contribution < -0.4 is 9.64 Å². The van der Waals surface area contributed by atoms with Gasteiger partial charge in [-0.2, -0.15) is 0 Å². The van der Waals surface area contributed by atoms with Crippen molar-refractivity contribution in [1.82, 2.24) is 9.80 Å². The van der Waals surface area contributed by atoms with Crippen LogP contribution in [0.2, 0.25) is 0 Å². The number of anilines is 1. The molecule has 5 heteroatoms. The molecule has 2 heterocycles. The van der Waals surface area contributed by atoms with Crippen molar-refractivity contribution in [3.8, 4) is 5.75 Å². The monoisotopic (exact) mass is 435 g/mol. The number of nitrogens with zero attached hydrogens (tertiary/aromatic N) is 3. The highest BCUT2D eigenvalue weighted by Crippen LogP contribution is 2.24. The third-order valence-electron chi connectivity index (χ3n) is 6.92. The van der Waals surface area contributed by atoms with E-state index in [0.29, 0.717) is 0 Å². The maximum absolute atomic E-state index is 13.0. The van der Waals surface area contributed by atoms with Gasteiger partial charge in [0.05, 0.1) is 6.61 Å². The Morgan fingerprint density at radius 3 is 2.31 bits per heavy atom. The van der Waals surface area contributed by atoms with Gasteiger partial charge < -0.3 is 19.4 Å². The first kappa shape index (κ1) is 22.7. The zero-order valence-corrected chi connectivity index (χ0v) is 19.7. The summed E-state index contributed by atoms with van der Waals surface area (Å²) in [5.41, 5.74) is 4.68. The van der Waals surface area contributed by atoms with E-state index in [2.05, 4.69) is 41.8 Å². The molecular formula is C27H37N3O2. The number of hydrogen-bond acceptors (Lipinski definition) is 4. The van der Waals surface area contributed by atoms with Crippen LogP contribution in [0.5, 0.6) is 5.75 Å². The van der Waals surface area contributed by atoms with Crippen LogP contribution >= 0.6 is 0 Å². The fraction of sp³-hybridized carbons (Fsp3) is 0.519. The largest absolute Gasteiger partial charge is 0.494 e. The van der Waals surface area contributed by atoms with Crippen LogP contribution in [-0.4, -0.2) is 68.1 Å². The lowest BCUT2D eigenvalue weighted by Gasteiger charge is -2.37. The number of ether oxygens (including phenoxy) is 1. The van der Waals surface area contributed by atoms with Crippen molar-refractivity contribution in [2.45, 2.75) is 39.5 Å². The lowest BCUT2D eigenvalue weighted by atomic mass is 10.1. The fourth-order valence-electron chi connectivity index (χ4n) is 4.77. The Hall–Kier alpha value is -2.53. The summed E-state index contributed by atoms with van der Waals surface area (Å²) < 4.78 is 5.90. The molecule has 5 nitrogen and oxygen atoms in total. The number of piperazine rings is 1. The Morgan fingerprint density at radius 1 is 0.875 bits per heavy atom. The van der Waals surface area contributed by atoms with Crippen LogP contribution in [0.25, 0.3) is 0 Å². The Kier molecular flexibility index (Phi) is 7.69. The molecule has 2 aliphatic rings. The van der Waals surface area contributed by atoms with Gasteiger partial charge in [-0.05, 0) is 87.7 Å². The lowest BCUT2D eigenvalue weighted by molar-refractivity contribution is 0.0746. The predicted octanol–water partition coefficient (Wildman–Crippen LogP) is 4.52. The number of benzene rings is 2. The van der Waals surface area contributed by atoms with Crippen LogP contribution in [-0.2, 0) is 0 Å². The molecule has 2 aromatic rings. The number of carbonyl (C=O) groups excluding carboxylic acids is 1. The topological polar surface area (TPSA) is 36.0 Å². The molecule has 0 unspecified atom stereocenters. The Labute approximate surface area is 193 Å². The molecule has 0 spiro atoms. The van der Waals surface area contributed by atoms with Gasteiger partial charge in [0.25, 0.3) is 5.91 Å². The van der Waals surface area contributed by atoms with E-state index >= 15 is 0 Å². The molecule has 2 fully saturated rings. The molecule has 0 aliphatic carbocycles. The minimum Gasteiger partial charge on any atom is -0.494 e. The SMILES string of the molecule is Cc1cccc(N2CCN(C(=O)c3ccc(OCCCN4CCCCC4)cc3)CC2)c1C. The maximum Gasteiger partial charge on any atom is 0.253 e.